The minimum absolute atomic E-state index is 0.637. The van der Waals surface area contributed by atoms with Crippen molar-refractivity contribution in [3.8, 4) is 0 Å². The number of hydrogen-bond acceptors (Lipinski definition) is 3. The Labute approximate surface area is 97.4 Å². The first-order valence-electron chi connectivity index (χ1n) is 6.35. The molecule has 1 fully saturated rings. The summed E-state index contributed by atoms with van der Waals surface area (Å²) in [5, 5.41) is 0. The Morgan fingerprint density at radius 3 is 2.56 bits per heavy atom. The van der Waals surface area contributed by atoms with Gasteiger partial charge in [-0.3, -0.25) is 0 Å². The molecule has 1 aliphatic heterocycles. The van der Waals surface area contributed by atoms with Gasteiger partial charge in [-0.05, 0) is 45.3 Å². The van der Waals surface area contributed by atoms with Crippen molar-refractivity contribution >= 4 is 5.95 Å². The normalized spacial score (nSPS) is 17.8. The highest BCUT2D eigenvalue weighted by molar-refractivity contribution is 5.16. The van der Waals surface area contributed by atoms with Crippen LogP contribution in [0.25, 0.3) is 0 Å². The summed E-state index contributed by atoms with van der Waals surface area (Å²) in [5.41, 5.74) is 5.71. The number of nitrogen functional groups attached to an aromatic ring is 1. The Kier molecular flexibility index (Phi) is 4.22. The van der Waals surface area contributed by atoms with E-state index in [9.17, 15) is 0 Å². The zero-order chi connectivity index (χ0) is 11.2. The number of piperidine rings is 1. The molecule has 4 heteroatoms. The van der Waals surface area contributed by atoms with E-state index in [0.717, 1.165) is 6.54 Å². The number of anilines is 1. The number of nitrogens with two attached hydrogens (primary N) is 1. The summed E-state index contributed by atoms with van der Waals surface area (Å²) in [4.78, 5) is 6.60. The molecule has 2 heterocycles. The molecule has 1 saturated heterocycles. The van der Waals surface area contributed by atoms with Gasteiger partial charge in [0.15, 0.2) is 5.95 Å². The molecule has 2 rings (SSSR count). The zero-order valence-corrected chi connectivity index (χ0v) is 9.94. The van der Waals surface area contributed by atoms with Crippen LogP contribution in [0.4, 0.5) is 5.95 Å². The van der Waals surface area contributed by atoms with Gasteiger partial charge in [0.2, 0.25) is 0 Å². The molecule has 0 radical (unpaired) electrons. The number of hydrogen-bond donors (Lipinski definition) is 1. The Morgan fingerprint density at radius 1 is 1.12 bits per heavy atom. The standard InChI is InChI=1S/C12H22N4/c13-12-14-6-11-16(12)10-5-4-9-15-7-2-1-3-8-15/h6,11H,1-5,7-10H2,(H2,13,14). The molecule has 0 bridgehead atoms. The Balaban J connectivity index is 1.59. The van der Waals surface area contributed by atoms with Gasteiger partial charge in [0, 0.05) is 18.9 Å². The minimum Gasteiger partial charge on any atom is -0.369 e. The predicted octanol–water partition coefficient (Wildman–Crippen LogP) is 1.73. The first-order chi connectivity index (χ1) is 7.86. The molecule has 1 aliphatic rings. The molecule has 0 unspecified atom stereocenters. The largest absolute Gasteiger partial charge is 0.369 e. The second-order valence-electron chi connectivity index (χ2n) is 4.59. The monoisotopic (exact) mass is 222 g/mol. The molecule has 90 valence electrons. The van der Waals surface area contributed by atoms with Crippen molar-refractivity contribution in [2.24, 2.45) is 0 Å². The second-order valence-corrected chi connectivity index (χ2v) is 4.59. The number of likely N-dealkylation sites (tertiary alicyclic amines) is 1. The van der Waals surface area contributed by atoms with Crippen molar-refractivity contribution in [3.05, 3.63) is 12.4 Å². The Bertz CT molecular complexity index is 302. The highest BCUT2D eigenvalue weighted by atomic mass is 15.1. The van der Waals surface area contributed by atoms with Crippen LogP contribution in [-0.4, -0.2) is 34.1 Å². The summed E-state index contributed by atoms with van der Waals surface area (Å²) in [6, 6.07) is 0. The van der Waals surface area contributed by atoms with Crippen LogP contribution in [0.1, 0.15) is 32.1 Å². The van der Waals surface area contributed by atoms with Crippen LogP contribution >= 0.6 is 0 Å². The number of aryl methyl sites for hydroxylation is 1. The lowest BCUT2D eigenvalue weighted by atomic mass is 10.1. The van der Waals surface area contributed by atoms with Crippen molar-refractivity contribution in [1.29, 1.82) is 0 Å². The fourth-order valence-corrected chi connectivity index (χ4v) is 2.33. The number of unbranched alkanes of at least 4 members (excludes halogenated alkanes) is 1. The van der Waals surface area contributed by atoms with E-state index < -0.39 is 0 Å². The van der Waals surface area contributed by atoms with E-state index in [1.54, 1.807) is 6.20 Å². The third-order valence-electron chi connectivity index (χ3n) is 3.32. The quantitative estimate of drug-likeness (QED) is 0.772. The summed E-state index contributed by atoms with van der Waals surface area (Å²) >= 11 is 0. The molecule has 0 aromatic carbocycles. The molecular weight excluding hydrogens is 200 g/mol. The molecule has 2 N–H and O–H groups in total. The van der Waals surface area contributed by atoms with Gasteiger partial charge < -0.3 is 15.2 Å². The highest BCUT2D eigenvalue weighted by Crippen LogP contribution is 2.10. The first kappa shape index (κ1) is 11.5. The van der Waals surface area contributed by atoms with Crippen molar-refractivity contribution in [2.45, 2.75) is 38.6 Å². The van der Waals surface area contributed by atoms with E-state index in [2.05, 4.69) is 9.88 Å². The van der Waals surface area contributed by atoms with Gasteiger partial charge in [0.1, 0.15) is 0 Å². The second kappa shape index (κ2) is 5.89. The number of rotatable bonds is 5. The van der Waals surface area contributed by atoms with Gasteiger partial charge in [-0.25, -0.2) is 4.98 Å². The van der Waals surface area contributed by atoms with Crippen molar-refractivity contribution in [2.75, 3.05) is 25.4 Å². The minimum atomic E-state index is 0.637. The number of aromatic nitrogens is 2. The third kappa shape index (κ3) is 3.23. The molecule has 0 amide bonds. The molecule has 0 spiro atoms. The van der Waals surface area contributed by atoms with Gasteiger partial charge in [0.05, 0.1) is 0 Å². The maximum absolute atomic E-state index is 5.71. The van der Waals surface area contributed by atoms with Gasteiger partial charge >= 0.3 is 0 Å². The van der Waals surface area contributed by atoms with Crippen LogP contribution in [-0.2, 0) is 6.54 Å². The van der Waals surface area contributed by atoms with Crippen LogP contribution in [0.2, 0.25) is 0 Å². The summed E-state index contributed by atoms with van der Waals surface area (Å²) < 4.78 is 2.02. The average molecular weight is 222 g/mol. The van der Waals surface area contributed by atoms with Gasteiger partial charge in [0.25, 0.3) is 0 Å². The van der Waals surface area contributed by atoms with Gasteiger partial charge in [-0.15, -0.1) is 0 Å². The van der Waals surface area contributed by atoms with E-state index in [4.69, 9.17) is 5.73 Å². The lowest BCUT2D eigenvalue weighted by Gasteiger charge is -2.26. The molecule has 1 aromatic heterocycles. The fraction of sp³-hybridized carbons (Fsp3) is 0.750. The zero-order valence-electron chi connectivity index (χ0n) is 9.94. The van der Waals surface area contributed by atoms with Crippen LogP contribution in [0.15, 0.2) is 12.4 Å². The maximum atomic E-state index is 5.71. The first-order valence-corrected chi connectivity index (χ1v) is 6.35. The lowest BCUT2D eigenvalue weighted by molar-refractivity contribution is 0.223. The van der Waals surface area contributed by atoms with Crippen molar-refractivity contribution < 1.29 is 0 Å². The SMILES string of the molecule is Nc1nccn1CCCCN1CCCCC1. The Morgan fingerprint density at radius 2 is 1.88 bits per heavy atom. The van der Waals surface area contributed by atoms with Crippen molar-refractivity contribution in [1.82, 2.24) is 14.5 Å². The van der Waals surface area contributed by atoms with Gasteiger partial charge in [-0.2, -0.15) is 0 Å². The molecule has 1 aromatic rings. The summed E-state index contributed by atoms with van der Waals surface area (Å²) in [5.74, 6) is 0.637. The van der Waals surface area contributed by atoms with E-state index in [1.165, 1.54) is 51.7 Å². The lowest BCUT2D eigenvalue weighted by Crippen LogP contribution is -2.30. The van der Waals surface area contributed by atoms with Crippen LogP contribution in [0, 0.1) is 0 Å². The molecule has 16 heavy (non-hydrogen) atoms. The molecule has 0 aliphatic carbocycles. The summed E-state index contributed by atoms with van der Waals surface area (Å²) in [6.45, 7) is 4.84. The van der Waals surface area contributed by atoms with E-state index in [0.29, 0.717) is 5.95 Å². The molecule has 0 saturated carbocycles. The van der Waals surface area contributed by atoms with Crippen LogP contribution in [0.5, 0.6) is 0 Å². The predicted molar refractivity (Wildman–Crippen MR) is 66.2 cm³/mol. The molecule has 4 nitrogen and oxygen atoms in total. The molecule has 0 atom stereocenters. The third-order valence-corrected chi connectivity index (χ3v) is 3.32. The van der Waals surface area contributed by atoms with Crippen LogP contribution in [0.3, 0.4) is 0 Å². The van der Waals surface area contributed by atoms with E-state index in [-0.39, 0.29) is 0 Å². The summed E-state index contributed by atoms with van der Waals surface area (Å²) in [6.07, 6.45) is 10.4. The molecular formula is C12H22N4. The fourth-order valence-electron chi connectivity index (χ4n) is 2.33. The van der Waals surface area contributed by atoms with E-state index in [1.807, 2.05) is 10.8 Å². The average Bonchev–Trinajstić information content (AvgIpc) is 2.72. The van der Waals surface area contributed by atoms with E-state index >= 15 is 0 Å². The van der Waals surface area contributed by atoms with Gasteiger partial charge in [-0.1, -0.05) is 6.42 Å². The maximum Gasteiger partial charge on any atom is 0.200 e. The number of imidazole rings is 1. The summed E-state index contributed by atoms with van der Waals surface area (Å²) in [7, 11) is 0. The number of nitrogens with zero attached hydrogens (tertiary/aromatic N) is 3. The highest BCUT2D eigenvalue weighted by Gasteiger charge is 2.08. The van der Waals surface area contributed by atoms with Crippen LogP contribution < -0.4 is 5.73 Å². The Hall–Kier alpha value is -1.03. The topological polar surface area (TPSA) is 47.1 Å². The smallest absolute Gasteiger partial charge is 0.200 e. The van der Waals surface area contributed by atoms with Crippen molar-refractivity contribution in [3.63, 3.8) is 0 Å².